The molecule has 0 aromatic heterocycles. The molecule has 17 heavy (non-hydrogen) atoms. The van der Waals surface area contributed by atoms with Crippen LogP contribution in [0.5, 0.6) is 0 Å². The maximum atomic E-state index is 12.4. The Hall–Kier alpha value is -1.51. The van der Waals surface area contributed by atoms with Gasteiger partial charge in [-0.3, -0.25) is 4.79 Å². The van der Waals surface area contributed by atoms with Gasteiger partial charge in [0.15, 0.2) is 0 Å². The minimum atomic E-state index is 0.199. The van der Waals surface area contributed by atoms with Gasteiger partial charge in [0.2, 0.25) is 0 Å². The van der Waals surface area contributed by atoms with Gasteiger partial charge in [-0.15, -0.1) is 0 Å². The van der Waals surface area contributed by atoms with Gasteiger partial charge in [-0.1, -0.05) is 0 Å². The monoisotopic (exact) mass is 230 g/mol. The van der Waals surface area contributed by atoms with E-state index in [0.29, 0.717) is 5.92 Å². The van der Waals surface area contributed by atoms with Gasteiger partial charge in [-0.2, -0.15) is 0 Å². The lowest BCUT2D eigenvalue weighted by Gasteiger charge is -2.18. The third-order valence-corrected chi connectivity index (χ3v) is 3.72. The number of carbonyl (C=O) groups is 1. The first-order valence-corrected chi connectivity index (χ1v) is 6.44. The van der Waals surface area contributed by atoms with Crippen molar-refractivity contribution < 1.29 is 4.79 Å². The second kappa shape index (κ2) is 4.06. The van der Waals surface area contributed by atoms with Crippen LogP contribution in [0.1, 0.15) is 47.5 Å². The molecule has 1 heterocycles. The lowest BCUT2D eigenvalue weighted by Crippen LogP contribution is -2.28. The Kier molecular flexibility index (Phi) is 2.54. The van der Waals surface area contributed by atoms with Crippen molar-refractivity contribution in [3.8, 4) is 0 Å². The number of benzene rings is 1. The van der Waals surface area contributed by atoms with Crippen molar-refractivity contribution in [2.75, 3.05) is 18.8 Å². The molecule has 0 radical (unpaired) electrons. The predicted molar refractivity (Wildman–Crippen MR) is 68.0 cm³/mol. The van der Waals surface area contributed by atoms with Gasteiger partial charge in [0.25, 0.3) is 5.91 Å². The summed E-state index contributed by atoms with van der Waals surface area (Å²) in [7, 11) is 0. The lowest BCUT2D eigenvalue weighted by atomic mass is 10.0. The molecule has 1 aliphatic carbocycles. The van der Waals surface area contributed by atoms with Crippen molar-refractivity contribution in [3.05, 3.63) is 29.3 Å². The third kappa shape index (κ3) is 2.02. The molecular weight excluding hydrogens is 212 g/mol. The van der Waals surface area contributed by atoms with E-state index in [2.05, 4.69) is 0 Å². The third-order valence-electron chi connectivity index (χ3n) is 3.72. The van der Waals surface area contributed by atoms with Crippen LogP contribution >= 0.6 is 0 Å². The van der Waals surface area contributed by atoms with E-state index in [9.17, 15) is 4.79 Å². The van der Waals surface area contributed by atoms with Crippen LogP contribution in [0, 0.1) is 0 Å². The minimum absolute atomic E-state index is 0.199. The molecule has 1 aromatic rings. The summed E-state index contributed by atoms with van der Waals surface area (Å²) in [5.74, 6) is 0.768. The molecule has 3 heteroatoms. The molecule has 3 rings (SSSR count). The van der Waals surface area contributed by atoms with E-state index in [1.54, 1.807) is 0 Å². The normalized spacial score (nSPS) is 19.6. The highest BCUT2D eigenvalue weighted by molar-refractivity contribution is 5.96. The molecule has 2 aliphatic rings. The smallest absolute Gasteiger partial charge is 0.254 e. The van der Waals surface area contributed by atoms with Crippen LogP contribution in [0.25, 0.3) is 0 Å². The fourth-order valence-corrected chi connectivity index (χ4v) is 2.60. The zero-order valence-corrected chi connectivity index (χ0v) is 9.98. The standard InChI is InChI=1S/C14H18N2O/c15-11-5-6-12(13(9-11)10-3-4-10)14(17)16-7-1-2-8-16/h5-6,9-10H,1-4,7-8,15H2. The number of hydrogen-bond acceptors (Lipinski definition) is 2. The van der Waals surface area contributed by atoms with E-state index in [-0.39, 0.29) is 5.91 Å². The van der Waals surface area contributed by atoms with Gasteiger partial charge in [0.1, 0.15) is 0 Å². The van der Waals surface area contributed by atoms with Crippen LogP contribution in [-0.2, 0) is 0 Å². The van der Waals surface area contributed by atoms with E-state index < -0.39 is 0 Å². The molecule has 0 bridgehead atoms. The molecule has 90 valence electrons. The average molecular weight is 230 g/mol. The number of rotatable bonds is 2. The summed E-state index contributed by atoms with van der Waals surface area (Å²) < 4.78 is 0. The Morgan fingerprint density at radius 3 is 2.59 bits per heavy atom. The largest absolute Gasteiger partial charge is 0.399 e. The zero-order chi connectivity index (χ0) is 11.8. The lowest BCUT2D eigenvalue weighted by molar-refractivity contribution is 0.0791. The number of hydrogen-bond donors (Lipinski definition) is 1. The van der Waals surface area contributed by atoms with Crippen molar-refractivity contribution in [2.45, 2.75) is 31.6 Å². The Balaban J connectivity index is 1.92. The number of anilines is 1. The fourth-order valence-electron chi connectivity index (χ4n) is 2.60. The SMILES string of the molecule is Nc1ccc(C(=O)N2CCCC2)c(C2CC2)c1. The van der Waals surface area contributed by atoms with Crippen LogP contribution in [-0.4, -0.2) is 23.9 Å². The van der Waals surface area contributed by atoms with E-state index in [0.717, 1.165) is 37.2 Å². The van der Waals surface area contributed by atoms with E-state index in [4.69, 9.17) is 5.73 Å². The van der Waals surface area contributed by atoms with Crippen molar-refractivity contribution in [1.82, 2.24) is 4.90 Å². The molecule has 3 nitrogen and oxygen atoms in total. The summed E-state index contributed by atoms with van der Waals surface area (Å²) in [5, 5.41) is 0. The molecule has 2 fully saturated rings. The summed E-state index contributed by atoms with van der Waals surface area (Å²) in [6, 6.07) is 5.74. The van der Waals surface area contributed by atoms with Gasteiger partial charge < -0.3 is 10.6 Å². The first-order valence-electron chi connectivity index (χ1n) is 6.44. The maximum absolute atomic E-state index is 12.4. The summed E-state index contributed by atoms with van der Waals surface area (Å²) in [6.45, 7) is 1.82. The van der Waals surface area contributed by atoms with Gasteiger partial charge in [0.05, 0.1) is 0 Å². The number of nitrogens with zero attached hydrogens (tertiary/aromatic N) is 1. The van der Waals surface area contributed by atoms with E-state index in [1.807, 2.05) is 23.1 Å². The van der Waals surface area contributed by atoms with Gasteiger partial charge in [0, 0.05) is 24.3 Å². The highest BCUT2D eigenvalue weighted by atomic mass is 16.2. The van der Waals surface area contributed by atoms with Crippen LogP contribution in [0.15, 0.2) is 18.2 Å². The fraction of sp³-hybridized carbons (Fsp3) is 0.500. The zero-order valence-electron chi connectivity index (χ0n) is 9.98. The van der Waals surface area contributed by atoms with E-state index >= 15 is 0 Å². The number of nitrogen functional groups attached to an aromatic ring is 1. The number of carbonyl (C=O) groups excluding carboxylic acids is 1. The van der Waals surface area contributed by atoms with Crippen molar-refractivity contribution >= 4 is 11.6 Å². The Morgan fingerprint density at radius 1 is 1.24 bits per heavy atom. The summed E-state index contributed by atoms with van der Waals surface area (Å²) in [6.07, 6.45) is 4.67. The highest BCUT2D eigenvalue weighted by Gasteiger charge is 2.30. The van der Waals surface area contributed by atoms with Crippen LogP contribution in [0.3, 0.4) is 0 Å². The van der Waals surface area contributed by atoms with Gasteiger partial charge in [-0.05, 0) is 55.4 Å². The molecule has 1 aromatic carbocycles. The molecule has 1 aliphatic heterocycles. The second-order valence-electron chi connectivity index (χ2n) is 5.12. The Labute approximate surface area is 102 Å². The molecule has 0 atom stereocenters. The Morgan fingerprint density at radius 2 is 1.94 bits per heavy atom. The summed E-state index contributed by atoms with van der Waals surface area (Å²) in [4.78, 5) is 14.4. The van der Waals surface area contributed by atoms with Crippen LogP contribution in [0.2, 0.25) is 0 Å². The van der Waals surface area contributed by atoms with Crippen LogP contribution < -0.4 is 5.73 Å². The minimum Gasteiger partial charge on any atom is -0.399 e. The van der Waals surface area contributed by atoms with Crippen molar-refractivity contribution in [3.63, 3.8) is 0 Å². The molecule has 1 saturated heterocycles. The number of likely N-dealkylation sites (tertiary alicyclic amines) is 1. The molecule has 0 spiro atoms. The molecular formula is C14H18N2O. The maximum Gasteiger partial charge on any atom is 0.254 e. The first-order chi connectivity index (χ1) is 8.25. The van der Waals surface area contributed by atoms with Gasteiger partial charge in [-0.25, -0.2) is 0 Å². The van der Waals surface area contributed by atoms with Crippen LogP contribution in [0.4, 0.5) is 5.69 Å². The second-order valence-corrected chi connectivity index (χ2v) is 5.12. The first kappa shape index (κ1) is 10.6. The average Bonchev–Trinajstić information content (AvgIpc) is 3.03. The molecule has 1 saturated carbocycles. The summed E-state index contributed by atoms with van der Waals surface area (Å²) in [5.41, 5.74) is 8.64. The quantitative estimate of drug-likeness (QED) is 0.793. The predicted octanol–water partition coefficient (Wildman–Crippen LogP) is 2.38. The Bertz CT molecular complexity index is 446. The number of nitrogens with two attached hydrogens (primary N) is 1. The van der Waals surface area contributed by atoms with Crippen molar-refractivity contribution in [2.24, 2.45) is 0 Å². The molecule has 2 N–H and O–H groups in total. The van der Waals surface area contributed by atoms with E-state index in [1.165, 1.54) is 18.4 Å². The molecule has 1 amide bonds. The number of amides is 1. The highest BCUT2D eigenvalue weighted by Crippen LogP contribution is 2.42. The van der Waals surface area contributed by atoms with Crippen molar-refractivity contribution in [1.29, 1.82) is 0 Å². The summed E-state index contributed by atoms with van der Waals surface area (Å²) >= 11 is 0. The topological polar surface area (TPSA) is 46.3 Å². The molecule has 0 unspecified atom stereocenters. The van der Waals surface area contributed by atoms with Gasteiger partial charge >= 0.3 is 0 Å².